The van der Waals surface area contributed by atoms with Crippen molar-refractivity contribution in [3.63, 3.8) is 0 Å². The van der Waals surface area contributed by atoms with E-state index in [9.17, 15) is 14.0 Å². The lowest BCUT2D eigenvalue weighted by Gasteiger charge is -2.01. The molecular formula is C12H11FO4. The smallest absolute Gasteiger partial charge is 0.307 e. The second kappa shape index (κ2) is 5.79. The minimum atomic E-state index is -1.12. The largest absolute Gasteiger partial charge is 0.481 e. The Kier molecular flexibility index (Phi) is 4.39. The van der Waals surface area contributed by atoms with Gasteiger partial charge in [-0.3, -0.25) is 9.59 Å². The number of aliphatic carboxylic acids is 2. The van der Waals surface area contributed by atoms with Gasteiger partial charge < -0.3 is 10.2 Å². The van der Waals surface area contributed by atoms with Crippen molar-refractivity contribution in [1.82, 2.24) is 0 Å². The van der Waals surface area contributed by atoms with Crippen LogP contribution in [0.15, 0.2) is 24.3 Å². The summed E-state index contributed by atoms with van der Waals surface area (Å²) in [5, 5.41) is 17.0. The van der Waals surface area contributed by atoms with Crippen molar-refractivity contribution in [2.24, 2.45) is 0 Å². The molecule has 5 heteroatoms. The molecule has 0 saturated carbocycles. The first-order valence-corrected chi connectivity index (χ1v) is 4.87. The molecule has 0 aliphatic rings. The molecule has 1 rings (SSSR count). The summed E-state index contributed by atoms with van der Waals surface area (Å²) < 4.78 is 13.2. The van der Waals surface area contributed by atoms with Gasteiger partial charge in [0.05, 0.1) is 12.8 Å². The van der Waals surface area contributed by atoms with Crippen molar-refractivity contribution >= 4 is 18.0 Å². The number of halogens is 1. The van der Waals surface area contributed by atoms with Crippen LogP contribution in [0.4, 0.5) is 4.39 Å². The number of carboxylic acids is 2. The summed E-state index contributed by atoms with van der Waals surface area (Å²) in [6.45, 7) is 0. The highest BCUT2D eigenvalue weighted by molar-refractivity contribution is 5.72. The molecule has 4 nitrogen and oxygen atoms in total. The zero-order valence-corrected chi connectivity index (χ0v) is 8.89. The molecule has 2 N–H and O–H groups in total. The molecule has 0 aliphatic heterocycles. The highest BCUT2D eigenvalue weighted by Crippen LogP contribution is 2.13. The molecule has 0 aromatic heterocycles. The maximum atomic E-state index is 13.2. The van der Waals surface area contributed by atoms with Crippen LogP contribution >= 0.6 is 0 Å². The third-order valence-electron chi connectivity index (χ3n) is 2.01. The van der Waals surface area contributed by atoms with Crippen LogP contribution in [0.2, 0.25) is 0 Å². The van der Waals surface area contributed by atoms with Gasteiger partial charge in [0.2, 0.25) is 0 Å². The second-order valence-electron chi connectivity index (χ2n) is 3.42. The maximum Gasteiger partial charge on any atom is 0.307 e. The number of carboxylic acid groups (broad SMARTS) is 2. The summed E-state index contributed by atoms with van der Waals surface area (Å²) in [5.41, 5.74) is 0.652. The summed E-state index contributed by atoms with van der Waals surface area (Å²) in [5.74, 6) is -2.66. The lowest BCUT2D eigenvalue weighted by atomic mass is 10.1. The molecule has 17 heavy (non-hydrogen) atoms. The average Bonchev–Trinajstić information content (AvgIpc) is 2.21. The van der Waals surface area contributed by atoms with Gasteiger partial charge in [-0.1, -0.05) is 18.2 Å². The number of hydrogen-bond acceptors (Lipinski definition) is 2. The van der Waals surface area contributed by atoms with E-state index in [4.69, 9.17) is 10.2 Å². The minimum absolute atomic E-state index is 0.0787. The molecule has 1 aromatic carbocycles. The number of benzene rings is 1. The molecule has 0 saturated heterocycles. The van der Waals surface area contributed by atoms with Gasteiger partial charge in [-0.2, -0.15) is 0 Å². The Morgan fingerprint density at radius 3 is 2.53 bits per heavy atom. The Morgan fingerprint density at radius 2 is 1.94 bits per heavy atom. The van der Waals surface area contributed by atoms with E-state index in [1.165, 1.54) is 30.4 Å². The van der Waals surface area contributed by atoms with Crippen LogP contribution in [-0.4, -0.2) is 22.2 Å². The molecular weight excluding hydrogens is 227 g/mol. The van der Waals surface area contributed by atoms with Crippen molar-refractivity contribution in [2.45, 2.75) is 12.8 Å². The molecule has 0 aliphatic carbocycles. The predicted molar refractivity (Wildman–Crippen MR) is 59.0 cm³/mol. The van der Waals surface area contributed by atoms with Crippen LogP contribution in [0.25, 0.3) is 6.08 Å². The van der Waals surface area contributed by atoms with Gasteiger partial charge >= 0.3 is 11.9 Å². The molecule has 90 valence electrons. The quantitative estimate of drug-likeness (QED) is 0.822. The van der Waals surface area contributed by atoms with E-state index >= 15 is 0 Å². The van der Waals surface area contributed by atoms with Gasteiger partial charge in [-0.25, -0.2) is 4.39 Å². The Morgan fingerprint density at radius 1 is 1.24 bits per heavy atom. The Labute approximate surface area is 97.0 Å². The topological polar surface area (TPSA) is 74.6 Å². The fraction of sp³-hybridized carbons (Fsp3) is 0.167. The van der Waals surface area contributed by atoms with Crippen LogP contribution in [-0.2, 0) is 16.0 Å². The van der Waals surface area contributed by atoms with E-state index in [0.29, 0.717) is 5.56 Å². The van der Waals surface area contributed by atoms with E-state index in [1.807, 2.05) is 0 Å². The normalized spacial score (nSPS) is 10.6. The molecule has 0 heterocycles. The SMILES string of the molecule is O=C(O)CC=Cc1ccc(F)c(CC(=O)O)c1. The molecule has 0 bridgehead atoms. The molecule has 0 atom stereocenters. The average molecular weight is 238 g/mol. The fourth-order valence-corrected chi connectivity index (χ4v) is 1.29. The van der Waals surface area contributed by atoms with Gasteiger partial charge in [0.1, 0.15) is 5.82 Å². The zero-order valence-electron chi connectivity index (χ0n) is 8.89. The van der Waals surface area contributed by atoms with Crippen LogP contribution in [0.1, 0.15) is 17.5 Å². The molecule has 1 aromatic rings. The summed E-state index contributed by atoms with van der Waals surface area (Å²) in [7, 11) is 0. The number of rotatable bonds is 5. The van der Waals surface area contributed by atoms with Gasteiger partial charge in [-0.05, 0) is 23.3 Å². The van der Waals surface area contributed by atoms with E-state index in [0.717, 1.165) is 0 Å². The highest BCUT2D eigenvalue weighted by atomic mass is 19.1. The van der Waals surface area contributed by atoms with E-state index < -0.39 is 24.2 Å². The standard InChI is InChI=1S/C12H11FO4/c13-10-5-4-8(2-1-3-11(14)15)6-9(10)7-12(16)17/h1-2,4-6H,3,7H2,(H,14,15)(H,16,17). The van der Waals surface area contributed by atoms with E-state index in [2.05, 4.69) is 0 Å². The molecule has 0 amide bonds. The first-order chi connectivity index (χ1) is 7.99. The summed E-state index contributed by atoms with van der Waals surface area (Å²) in [6, 6.07) is 4.01. The van der Waals surface area contributed by atoms with E-state index in [1.54, 1.807) is 0 Å². The molecule has 0 radical (unpaired) electrons. The fourth-order valence-electron chi connectivity index (χ4n) is 1.29. The van der Waals surface area contributed by atoms with Gasteiger partial charge in [0.15, 0.2) is 0 Å². The van der Waals surface area contributed by atoms with Crippen LogP contribution in [0.5, 0.6) is 0 Å². The summed E-state index contributed by atoms with van der Waals surface area (Å²) >= 11 is 0. The van der Waals surface area contributed by atoms with Crippen LogP contribution in [0.3, 0.4) is 0 Å². The monoisotopic (exact) mass is 238 g/mol. The maximum absolute atomic E-state index is 13.2. The van der Waals surface area contributed by atoms with Crippen molar-refractivity contribution in [3.8, 4) is 0 Å². The lowest BCUT2D eigenvalue weighted by molar-refractivity contribution is -0.137. The molecule has 0 spiro atoms. The molecule has 0 unspecified atom stereocenters. The van der Waals surface area contributed by atoms with Crippen molar-refractivity contribution in [2.75, 3.05) is 0 Å². The number of hydrogen-bond donors (Lipinski definition) is 2. The minimum Gasteiger partial charge on any atom is -0.481 e. The molecule has 0 fully saturated rings. The van der Waals surface area contributed by atoms with Gasteiger partial charge in [0, 0.05) is 0 Å². The summed E-state index contributed by atoms with van der Waals surface area (Å²) in [4.78, 5) is 20.7. The van der Waals surface area contributed by atoms with Crippen LogP contribution in [0, 0.1) is 5.82 Å². The third kappa shape index (κ3) is 4.46. The lowest BCUT2D eigenvalue weighted by Crippen LogP contribution is -2.02. The van der Waals surface area contributed by atoms with Gasteiger partial charge in [0.25, 0.3) is 0 Å². The Balaban J connectivity index is 2.84. The Bertz CT molecular complexity index is 466. The van der Waals surface area contributed by atoms with Crippen molar-refractivity contribution in [3.05, 3.63) is 41.2 Å². The van der Waals surface area contributed by atoms with E-state index in [-0.39, 0.29) is 12.0 Å². The summed E-state index contributed by atoms with van der Waals surface area (Å²) in [6.07, 6.45) is 2.40. The zero-order chi connectivity index (χ0) is 12.8. The third-order valence-corrected chi connectivity index (χ3v) is 2.01. The first-order valence-electron chi connectivity index (χ1n) is 4.87. The van der Waals surface area contributed by atoms with Crippen molar-refractivity contribution in [1.29, 1.82) is 0 Å². The first kappa shape index (κ1) is 12.9. The predicted octanol–water partition coefficient (Wildman–Crippen LogP) is 1.94. The second-order valence-corrected chi connectivity index (χ2v) is 3.42. The Hall–Kier alpha value is -2.17. The van der Waals surface area contributed by atoms with Gasteiger partial charge in [-0.15, -0.1) is 0 Å². The highest BCUT2D eigenvalue weighted by Gasteiger charge is 2.06. The number of carbonyl (C=O) groups is 2. The van der Waals surface area contributed by atoms with Crippen LogP contribution < -0.4 is 0 Å². The van der Waals surface area contributed by atoms with Crippen molar-refractivity contribution < 1.29 is 24.2 Å².